The van der Waals surface area contributed by atoms with Crippen molar-refractivity contribution < 1.29 is 0 Å². The van der Waals surface area contributed by atoms with Crippen molar-refractivity contribution >= 4 is 34.5 Å². The summed E-state index contributed by atoms with van der Waals surface area (Å²) in [6.45, 7) is 0. The van der Waals surface area contributed by atoms with Crippen LogP contribution in [0.2, 0.25) is 4.34 Å². The van der Waals surface area contributed by atoms with Crippen molar-refractivity contribution in [3.8, 4) is 0 Å². The van der Waals surface area contributed by atoms with Crippen molar-refractivity contribution in [1.82, 2.24) is 0 Å². The molecule has 3 rings (SSSR count). The first-order valence-corrected chi connectivity index (χ1v) is 8.86. The topological polar surface area (TPSA) is 0 Å². The van der Waals surface area contributed by atoms with E-state index in [1.165, 1.54) is 37.7 Å². The Kier molecular flexibility index (Phi) is 4.70. The minimum atomic E-state index is -0.0899. The fourth-order valence-electron chi connectivity index (χ4n) is 3.00. The Morgan fingerprint density at radius 1 is 0.950 bits per heavy atom. The fraction of sp³-hybridized carbons (Fsp3) is 0.412. The molecule has 3 heteroatoms. The Labute approximate surface area is 134 Å². The van der Waals surface area contributed by atoms with Gasteiger partial charge in [-0.3, -0.25) is 0 Å². The first-order chi connectivity index (χ1) is 9.74. The average Bonchev–Trinajstić information content (AvgIpc) is 2.94. The number of hydrogen-bond acceptors (Lipinski definition) is 1. The fourth-order valence-corrected chi connectivity index (χ4v) is 4.42. The van der Waals surface area contributed by atoms with E-state index in [4.69, 9.17) is 23.2 Å². The molecule has 20 heavy (non-hydrogen) atoms. The molecule has 1 aliphatic rings. The number of rotatable bonds is 3. The first kappa shape index (κ1) is 14.4. The number of halogens is 2. The van der Waals surface area contributed by atoms with Crippen LogP contribution in [-0.2, 0) is 0 Å². The van der Waals surface area contributed by atoms with Crippen molar-refractivity contribution in [2.45, 2.75) is 43.4 Å². The molecule has 0 radical (unpaired) electrons. The molecular formula is C17H18Cl2S. The lowest BCUT2D eigenvalue weighted by atomic mass is 9.84. The number of thiophene rings is 1. The summed E-state index contributed by atoms with van der Waals surface area (Å²) >= 11 is 14.1. The summed E-state index contributed by atoms with van der Waals surface area (Å²) in [4.78, 5) is 1.11. The van der Waals surface area contributed by atoms with Crippen LogP contribution in [0.1, 0.15) is 59.4 Å². The summed E-state index contributed by atoms with van der Waals surface area (Å²) in [5.74, 6) is 0.753. The highest BCUT2D eigenvalue weighted by molar-refractivity contribution is 7.16. The molecule has 1 unspecified atom stereocenters. The molecule has 1 saturated carbocycles. The van der Waals surface area contributed by atoms with Gasteiger partial charge in [0.2, 0.25) is 0 Å². The first-order valence-electron chi connectivity index (χ1n) is 7.23. The Morgan fingerprint density at radius 3 is 2.25 bits per heavy atom. The zero-order chi connectivity index (χ0) is 13.9. The van der Waals surface area contributed by atoms with Crippen LogP contribution >= 0.6 is 34.5 Å². The van der Waals surface area contributed by atoms with E-state index in [0.29, 0.717) is 0 Å². The van der Waals surface area contributed by atoms with E-state index in [-0.39, 0.29) is 5.38 Å². The van der Waals surface area contributed by atoms with Gasteiger partial charge in [-0.15, -0.1) is 22.9 Å². The van der Waals surface area contributed by atoms with E-state index in [9.17, 15) is 0 Å². The Balaban J connectivity index is 1.75. The third kappa shape index (κ3) is 3.21. The molecule has 0 N–H and O–H groups in total. The van der Waals surface area contributed by atoms with E-state index >= 15 is 0 Å². The van der Waals surface area contributed by atoms with Crippen molar-refractivity contribution in [2.75, 3.05) is 0 Å². The quantitative estimate of drug-likeness (QED) is 0.546. The van der Waals surface area contributed by atoms with Gasteiger partial charge in [0.1, 0.15) is 0 Å². The van der Waals surface area contributed by atoms with Gasteiger partial charge in [0.25, 0.3) is 0 Å². The van der Waals surface area contributed by atoms with E-state index in [0.717, 1.165) is 20.7 Å². The van der Waals surface area contributed by atoms with Crippen LogP contribution < -0.4 is 0 Å². The highest BCUT2D eigenvalue weighted by atomic mass is 35.5. The van der Waals surface area contributed by atoms with Crippen LogP contribution in [0.3, 0.4) is 0 Å². The van der Waals surface area contributed by atoms with E-state index in [2.05, 4.69) is 24.3 Å². The van der Waals surface area contributed by atoms with E-state index in [1.54, 1.807) is 11.3 Å². The second-order valence-corrected chi connectivity index (χ2v) is 7.69. The zero-order valence-electron chi connectivity index (χ0n) is 11.3. The van der Waals surface area contributed by atoms with Gasteiger partial charge < -0.3 is 0 Å². The Bertz CT molecular complexity index is 553. The predicted molar refractivity (Wildman–Crippen MR) is 89.3 cm³/mol. The summed E-state index contributed by atoms with van der Waals surface area (Å²) in [6.07, 6.45) is 6.82. The minimum absolute atomic E-state index is 0.0899. The third-order valence-electron chi connectivity index (χ3n) is 4.15. The lowest BCUT2D eigenvalue weighted by Crippen LogP contribution is -2.04. The van der Waals surface area contributed by atoms with E-state index in [1.807, 2.05) is 12.1 Å². The van der Waals surface area contributed by atoms with Gasteiger partial charge in [0.05, 0.1) is 9.71 Å². The second-order valence-electron chi connectivity index (χ2n) is 5.51. The molecule has 1 aliphatic carbocycles. The normalized spacial score (nSPS) is 18.1. The molecule has 0 aliphatic heterocycles. The third-order valence-corrected chi connectivity index (χ3v) is 6.06. The monoisotopic (exact) mass is 324 g/mol. The predicted octanol–water partition coefficient (Wildman–Crippen LogP) is 6.78. The van der Waals surface area contributed by atoms with Crippen molar-refractivity contribution in [1.29, 1.82) is 0 Å². The average molecular weight is 325 g/mol. The molecule has 1 aromatic carbocycles. The summed E-state index contributed by atoms with van der Waals surface area (Å²) < 4.78 is 0.796. The standard InChI is InChI=1S/C17H18Cl2S/c18-16-11-10-15(20-16)17(19)14-8-6-13(7-9-14)12-4-2-1-3-5-12/h6-12,17H,1-5H2. The van der Waals surface area contributed by atoms with Gasteiger partial charge in [0, 0.05) is 4.88 Å². The Hall–Kier alpha value is -0.500. The molecule has 0 amide bonds. The maximum atomic E-state index is 6.53. The van der Waals surface area contributed by atoms with Gasteiger partial charge >= 0.3 is 0 Å². The minimum Gasteiger partial charge on any atom is -0.127 e. The van der Waals surface area contributed by atoms with Gasteiger partial charge in [0.15, 0.2) is 0 Å². The van der Waals surface area contributed by atoms with Crippen LogP contribution in [0.25, 0.3) is 0 Å². The van der Waals surface area contributed by atoms with Gasteiger partial charge in [-0.25, -0.2) is 0 Å². The summed E-state index contributed by atoms with van der Waals surface area (Å²) in [5, 5.41) is -0.0899. The molecule has 2 aromatic rings. The molecule has 0 bridgehead atoms. The largest absolute Gasteiger partial charge is 0.127 e. The maximum absolute atomic E-state index is 6.53. The van der Waals surface area contributed by atoms with Gasteiger partial charge in [-0.05, 0) is 42.0 Å². The van der Waals surface area contributed by atoms with Crippen LogP contribution in [0.15, 0.2) is 36.4 Å². The Morgan fingerprint density at radius 2 is 1.65 bits per heavy atom. The zero-order valence-corrected chi connectivity index (χ0v) is 13.6. The maximum Gasteiger partial charge on any atom is 0.0931 e. The smallest absolute Gasteiger partial charge is 0.0931 e. The molecule has 0 spiro atoms. The molecule has 106 valence electrons. The van der Waals surface area contributed by atoms with Crippen LogP contribution in [0, 0.1) is 0 Å². The molecule has 1 heterocycles. The number of alkyl halides is 1. The van der Waals surface area contributed by atoms with E-state index < -0.39 is 0 Å². The molecular weight excluding hydrogens is 307 g/mol. The molecule has 1 atom stereocenters. The number of hydrogen-bond donors (Lipinski definition) is 0. The molecule has 1 fully saturated rings. The SMILES string of the molecule is Clc1ccc(C(Cl)c2ccc(C3CCCCC3)cc2)s1. The van der Waals surface area contributed by atoms with Crippen LogP contribution in [0.5, 0.6) is 0 Å². The van der Waals surface area contributed by atoms with Crippen molar-refractivity contribution in [2.24, 2.45) is 0 Å². The summed E-state index contributed by atoms with van der Waals surface area (Å²) in [7, 11) is 0. The van der Waals surface area contributed by atoms with Crippen molar-refractivity contribution in [3.63, 3.8) is 0 Å². The van der Waals surface area contributed by atoms with Crippen LogP contribution in [-0.4, -0.2) is 0 Å². The molecule has 1 aromatic heterocycles. The van der Waals surface area contributed by atoms with Crippen molar-refractivity contribution in [3.05, 3.63) is 56.7 Å². The lowest BCUT2D eigenvalue weighted by molar-refractivity contribution is 0.443. The highest BCUT2D eigenvalue weighted by Crippen LogP contribution is 2.37. The molecule has 0 nitrogen and oxygen atoms in total. The number of benzene rings is 1. The van der Waals surface area contributed by atoms with Gasteiger partial charge in [-0.1, -0.05) is 55.1 Å². The second kappa shape index (κ2) is 6.51. The summed E-state index contributed by atoms with van der Waals surface area (Å²) in [6, 6.07) is 12.8. The molecule has 0 saturated heterocycles. The summed E-state index contributed by atoms with van der Waals surface area (Å²) in [5.41, 5.74) is 2.63. The lowest BCUT2D eigenvalue weighted by Gasteiger charge is -2.22. The van der Waals surface area contributed by atoms with Crippen LogP contribution in [0.4, 0.5) is 0 Å². The highest BCUT2D eigenvalue weighted by Gasteiger charge is 2.17. The van der Waals surface area contributed by atoms with Gasteiger partial charge in [-0.2, -0.15) is 0 Å².